The summed E-state index contributed by atoms with van der Waals surface area (Å²) in [5.41, 5.74) is 0.785. The Labute approximate surface area is 146 Å². The van der Waals surface area contributed by atoms with Crippen LogP contribution >= 0.6 is 0 Å². The molecule has 0 unspecified atom stereocenters. The van der Waals surface area contributed by atoms with E-state index in [9.17, 15) is 18.8 Å². The Morgan fingerprint density at radius 3 is 2.48 bits per heavy atom. The molecule has 1 N–H and O–H groups in total. The maximum atomic E-state index is 13.1. The second-order valence-electron chi connectivity index (χ2n) is 6.89. The van der Waals surface area contributed by atoms with Crippen LogP contribution < -0.4 is 5.32 Å². The van der Waals surface area contributed by atoms with E-state index in [1.165, 1.54) is 12.1 Å². The molecule has 2 aliphatic rings. The molecule has 1 aliphatic carbocycles. The molecule has 6 heteroatoms. The number of nitrogens with zero attached hydrogens (tertiary/aromatic N) is 1. The largest absolute Gasteiger partial charge is 0.354 e. The van der Waals surface area contributed by atoms with Gasteiger partial charge in [0.25, 0.3) is 0 Å². The number of fused-ring (bicyclic) bond motifs is 1. The first-order valence-corrected chi connectivity index (χ1v) is 8.88. The summed E-state index contributed by atoms with van der Waals surface area (Å²) in [4.78, 5) is 38.5. The second-order valence-corrected chi connectivity index (χ2v) is 6.89. The highest BCUT2D eigenvalue weighted by Gasteiger charge is 2.50. The average Bonchev–Trinajstić information content (AvgIpc) is 2.86. The predicted molar refractivity (Wildman–Crippen MR) is 89.9 cm³/mol. The highest BCUT2D eigenvalue weighted by atomic mass is 19.1. The normalized spacial score (nSPS) is 24.2. The highest BCUT2D eigenvalue weighted by Crippen LogP contribution is 2.38. The van der Waals surface area contributed by atoms with Crippen molar-refractivity contribution in [2.45, 2.75) is 45.1 Å². The van der Waals surface area contributed by atoms with E-state index in [0.717, 1.165) is 36.1 Å². The molecular formula is C19H23FN2O3. The Bertz CT molecular complexity index is 667. The number of nitrogens with one attached hydrogen (secondary N) is 1. The number of carbonyl (C=O) groups is 3. The van der Waals surface area contributed by atoms with Crippen LogP contribution in [0.5, 0.6) is 0 Å². The van der Waals surface area contributed by atoms with E-state index in [0.29, 0.717) is 13.0 Å². The van der Waals surface area contributed by atoms with Crippen molar-refractivity contribution in [3.05, 3.63) is 35.6 Å². The first kappa shape index (κ1) is 17.6. The second kappa shape index (κ2) is 7.33. The summed E-state index contributed by atoms with van der Waals surface area (Å²) in [6, 6.07) is 5.40. The van der Waals surface area contributed by atoms with Crippen LogP contribution in [-0.2, 0) is 20.8 Å². The molecular weight excluding hydrogens is 323 g/mol. The Kier molecular flexibility index (Phi) is 5.16. The SMILES string of the molecule is C[C@@H](C(=O)NCCc1cccc(F)c1)N1C(=O)[C@H]2CCCC[C@@H]2C1=O. The maximum absolute atomic E-state index is 13.1. The summed E-state index contributed by atoms with van der Waals surface area (Å²) in [7, 11) is 0. The lowest BCUT2D eigenvalue weighted by molar-refractivity contribution is -0.147. The molecule has 1 aliphatic heterocycles. The molecule has 3 atom stereocenters. The number of likely N-dealkylation sites (tertiary alicyclic amines) is 1. The van der Waals surface area contributed by atoms with Crippen molar-refractivity contribution in [3.8, 4) is 0 Å². The van der Waals surface area contributed by atoms with Crippen molar-refractivity contribution in [2.75, 3.05) is 6.54 Å². The minimum absolute atomic E-state index is 0.206. The van der Waals surface area contributed by atoms with Crippen molar-refractivity contribution in [1.82, 2.24) is 10.2 Å². The number of hydrogen-bond acceptors (Lipinski definition) is 3. The van der Waals surface area contributed by atoms with Crippen molar-refractivity contribution in [1.29, 1.82) is 0 Å². The molecule has 2 fully saturated rings. The van der Waals surface area contributed by atoms with Crippen LogP contribution in [-0.4, -0.2) is 35.2 Å². The van der Waals surface area contributed by atoms with Crippen LogP contribution in [0.25, 0.3) is 0 Å². The molecule has 1 aromatic rings. The molecule has 1 aromatic carbocycles. The van der Waals surface area contributed by atoms with Gasteiger partial charge in [-0.15, -0.1) is 0 Å². The monoisotopic (exact) mass is 346 g/mol. The molecule has 5 nitrogen and oxygen atoms in total. The quantitative estimate of drug-likeness (QED) is 0.830. The lowest BCUT2D eigenvalue weighted by Crippen LogP contribution is -2.48. The van der Waals surface area contributed by atoms with Gasteiger partial charge in [-0.1, -0.05) is 25.0 Å². The summed E-state index contributed by atoms with van der Waals surface area (Å²) in [6.07, 6.45) is 3.88. The van der Waals surface area contributed by atoms with Gasteiger partial charge in [-0.25, -0.2) is 4.39 Å². The smallest absolute Gasteiger partial charge is 0.243 e. The number of rotatable bonds is 5. The van der Waals surface area contributed by atoms with Crippen LogP contribution in [0.15, 0.2) is 24.3 Å². The van der Waals surface area contributed by atoms with Crippen LogP contribution in [0.4, 0.5) is 4.39 Å². The van der Waals surface area contributed by atoms with Gasteiger partial charge in [0.05, 0.1) is 11.8 Å². The molecule has 1 saturated heterocycles. The van der Waals surface area contributed by atoms with E-state index in [2.05, 4.69) is 5.32 Å². The molecule has 1 saturated carbocycles. The first-order valence-electron chi connectivity index (χ1n) is 8.88. The third-order valence-electron chi connectivity index (χ3n) is 5.24. The minimum atomic E-state index is -0.807. The lowest BCUT2D eigenvalue weighted by Gasteiger charge is -2.22. The third-order valence-corrected chi connectivity index (χ3v) is 5.24. The summed E-state index contributed by atoms with van der Waals surface area (Å²) < 4.78 is 13.1. The Morgan fingerprint density at radius 1 is 1.24 bits per heavy atom. The van der Waals surface area contributed by atoms with E-state index in [1.807, 2.05) is 0 Å². The van der Waals surface area contributed by atoms with Gasteiger partial charge in [-0.3, -0.25) is 19.3 Å². The van der Waals surface area contributed by atoms with Gasteiger partial charge in [-0.2, -0.15) is 0 Å². The topological polar surface area (TPSA) is 66.5 Å². The summed E-state index contributed by atoms with van der Waals surface area (Å²) >= 11 is 0. The van der Waals surface area contributed by atoms with Crippen LogP contribution in [0.1, 0.15) is 38.2 Å². The lowest BCUT2D eigenvalue weighted by atomic mass is 9.81. The van der Waals surface area contributed by atoms with Gasteiger partial charge in [-0.05, 0) is 43.9 Å². The Hall–Kier alpha value is -2.24. The zero-order valence-electron chi connectivity index (χ0n) is 14.3. The molecule has 3 amide bonds. The molecule has 25 heavy (non-hydrogen) atoms. The number of carbonyl (C=O) groups excluding carboxylic acids is 3. The fraction of sp³-hybridized carbons (Fsp3) is 0.526. The maximum Gasteiger partial charge on any atom is 0.243 e. The third kappa shape index (κ3) is 3.57. The van der Waals surface area contributed by atoms with Crippen LogP contribution in [0.2, 0.25) is 0 Å². The molecule has 0 spiro atoms. The van der Waals surface area contributed by atoms with E-state index < -0.39 is 6.04 Å². The molecule has 0 bridgehead atoms. The Balaban J connectivity index is 1.57. The number of hydrogen-bond donors (Lipinski definition) is 1. The van der Waals surface area contributed by atoms with Gasteiger partial charge in [0.15, 0.2) is 0 Å². The van der Waals surface area contributed by atoms with Crippen molar-refractivity contribution >= 4 is 17.7 Å². The number of benzene rings is 1. The van der Waals surface area contributed by atoms with Gasteiger partial charge < -0.3 is 5.32 Å². The van der Waals surface area contributed by atoms with E-state index in [-0.39, 0.29) is 35.4 Å². The number of amides is 3. The van der Waals surface area contributed by atoms with Crippen molar-refractivity contribution in [2.24, 2.45) is 11.8 Å². The van der Waals surface area contributed by atoms with E-state index in [4.69, 9.17) is 0 Å². The molecule has 0 radical (unpaired) electrons. The van der Waals surface area contributed by atoms with Crippen molar-refractivity contribution in [3.63, 3.8) is 0 Å². The van der Waals surface area contributed by atoms with Gasteiger partial charge >= 0.3 is 0 Å². The summed E-state index contributed by atoms with van der Waals surface area (Å²) in [5, 5.41) is 2.74. The standard InChI is InChI=1S/C19H23FN2O3/c1-12(17(23)21-10-9-13-5-4-6-14(20)11-13)22-18(24)15-7-2-3-8-16(15)19(22)25/h4-6,11-12,15-16H,2-3,7-10H2,1H3,(H,21,23)/t12-,15-,16-/m0/s1. The van der Waals surface area contributed by atoms with Gasteiger partial charge in [0.1, 0.15) is 11.9 Å². The highest BCUT2D eigenvalue weighted by molar-refractivity contribution is 6.08. The summed E-state index contributed by atoms with van der Waals surface area (Å²) in [5.74, 6) is -1.57. The molecule has 1 heterocycles. The first-order chi connectivity index (χ1) is 12.0. The molecule has 134 valence electrons. The predicted octanol–water partition coefficient (Wildman–Crippen LogP) is 2.05. The van der Waals surface area contributed by atoms with Crippen LogP contribution in [0, 0.1) is 17.7 Å². The fourth-order valence-electron chi connectivity index (χ4n) is 3.86. The van der Waals surface area contributed by atoms with Gasteiger partial charge in [0, 0.05) is 6.54 Å². The zero-order valence-corrected chi connectivity index (χ0v) is 14.3. The number of halogens is 1. The zero-order chi connectivity index (χ0) is 18.0. The Morgan fingerprint density at radius 2 is 1.88 bits per heavy atom. The number of imide groups is 1. The summed E-state index contributed by atoms with van der Waals surface area (Å²) in [6.45, 7) is 1.92. The van der Waals surface area contributed by atoms with Crippen molar-refractivity contribution < 1.29 is 18.8 Å². The van der Waals surface area contributed by atoms with Crippen LogP contribution in [0.3, 0.4) is 0 Å². The molecule has 0 aromatic heterocycles. The fourth-order valence-corrected chi connectivity index (χ4v) is 3.86. The van der Waals surface area contributed by atoms with E-state index in [1.54, 1.807) is 19.1 Å². The average molecular weight is 346 g/mol. The van der Waals surface area contributed by atoms with E-state index >= 15 is 0 Å². The molecule has 3 rings (SSSR count). The van der Waals surface area contributed by atoms with Gasteiger partial charge in [0.2, 0.25) is 17.7 Å². The minimum Gasteiger partial charge on any atom is -0.354 e.